The molecule has 1 aliphatic carbocycles. The van der Waals surface area contributed by atoms with Crippen molar-refractivity contribution in [3.8, 4) is 0 Å². The fourth-order valence-corrected chi connectivity index (χ4v) is 4.09. The highest BCUT2D eigenvalue weighted by Gasteiger charge is 2.21. The van der Waals surface area contributed by atoms with Crippen molar-refractivity contribution in [2.45, 2.75) is 44.6 Å². The summed E-state index contributed by atoms with van der Waals surface area (Å²) in [4.78, 5) is 12.1. The van der Waals surface area contributed by atoms with Crippen LogP contribution in [-0.4, -0.2) is 33.2 Å². The highest BCUT2D eigenvalue weighted by atomic mass is 35.5. The molecule has 0 unspecified atom stereocenters. The molecule has 1 aromatic carbocycles. The molecule has 1 amide bonds. The molecule has 1 N–H and O–H groups in total. The van der Waals surface area contributed by atoms with Crippen LogP contribution in [0.3, 0.4) is 0 Å². The summed E-state index contributed by atoms with van der Waals surface area (Å²) < 4.78 is 25.3. The summed E-state index contributed by atoms with van der Waals surface area (Å²) in [5.74, 6) is -0.129. The van der Waals surface area contributed by atoms with Gasteiger partial charge >= 0.3 is 0 Å². The van der Waals surface area contributed by atoms with Crippen molar-refractivity contribution in [3.05, 3.63) is 28.2 Å². The fourth-order valence-electron chi connectivity index (χ4n) is 2.88. The number of benzene rings is 1. The summed E-state index contributed by atoms with van der Waals surface area (Å²) in [7, 11) is -3.52. The SMILES string of the molecule is CS(=O)(=O)N(CCC(=O)NC1CCCCC1)c1ccc(Cl)c(Cl)c1. The number of nitrogens with one attached hydrogen (secondary N) is 1. The first-order chi connectivity index (χ1) is 11.3. The lowest BCUT2D eigenvalue weighted by molar-refractivity contribution is -0.121. The molecular formula is C16H22Cl2N2O3S. The lowest BCUT2D eigenvalue weighted by Crippen LogP contribution is -2.39. The van der Waals surface area contributed by atoms with Crippen LogP contribution in [0.25, 0.3) is 0 Å². The molecule has 24 heavy (non-hydrogen) atoms. The maximum atomic E-state index is 12.1. The van der Waals surface area contributed by atoms with Crippen LogP contribution in [0.4, 0.5) is 5.69 Å². The molecule has 1 aliphatic rings. The van der Waals surface area contributed by atoms with E-state index in [1.54, 1.807) is 12.1 Å². The monoisotopic (exact) mass is 392 g/mol. The van der Waals surface area contributed by atoms with Crippen molar-refractivity contribution in [1.29, 1.82) is 0 Å². The number of nitrogens with zero attached hydrogens (tertiary/aromatic N) is 1. The average Bonchev–Trinajstić information content (AvgIpc) is 2.50. The summed E-state index contributed by atoms with van der Waals surface area (Å²) >= 11 is 11.8. The molecule has 0 heterocycles. The Morgan fingerprint density at radius 1 is 1.21 bits per heavy atom. The molecule has 1 aromatic rings. The van der Waals surface area contributed by atoms with E-state index in [1.165, 1.54) is 16.8 Å². The fraction of sp³-hybridized carbons (Fsp3) is 0.562. The van der Waals surface area contributed by atoms with E-state index in [9.17, 15) is 13.2 Å². The Balaban J connectivity index is 2.01. The van der Waals surface area contributed by atoms with Crippen molar-refractivity contribution >= 4 is 44.8 Å². The summed E-state index contributed by atoms with van der Waals surface area (Å²) in [5.41, 5.74) is 0.400. The van der Waals surface area contributed by atoms with Gasteiger partial charge < -0.3 is 5.32 Å². The number of sulfonamides is 1. The highest BCUT2D eigenvalue weighted by Crippen LogP contribution is 2.28. The smallest absolute Gasteiger partial charge is 0.232 e. The van der Waals surface area contributed by atoms with Crippen LogP contribution in [0.15, 0.2) is 18.2 Å². The van der Waals surface area contributed by atoms with E-state index < -0.39 is 10.0 Å². The Morgan fingerprint density at radius 2 is 1.88 bits per heavy atom. The Hall–Kier alpha value is -0.980. The van der Waals surface area contributed by atoms with Gasteiger partial charge in [-0.15, -0.1) is 0 Å². The average molecular weight is 393 g/mol. The van der Waals surface area contributed by atoms with E-state index in [4.69, 9.17) is 23.2 Å². The number of halogens is 2. The van der Waals surface area contributed by atoms with Crippen LogP contribution in [0.5, 0.6) is 0 Å². The van der Waals surface area contributed by atoms with Gasteiger partial charge in [0, 0.05) is 19.0 Å². The van der Waals surface area contributed by atoms with Crippen LogP contribution in [-0.2, 0) is 14.8 Å². The zero-order valence-electron chi connectivity index (χ0n) is 13.6. The van der Waals surface area contributed by atoms with Gasteiger partial charge in [-0.1, -0.05) is 42.5 Å². The van der Waals surface area contributed by atoms with Gasteiger partial charge in [-0.25, -0.2) is 8.42 Å². The first-order valence-electron chi connectivity index (χ1n) is 7.99. The van der Waals surface area contributed by atoms with Crippen molar-refractivity contribution in [2.24, 2.45) is 0 Å². The van der Waals surface area contributed by atoms with Crippen molar-refractivity contribution in [2.75, 3.05) is 17.1 Å². The Labute approximate surface area is 153 Å². The van der Waals surface area contributed by atoms with Gasteiger partial charge in [0.2, 0.25) is 15.9 Å². The first-order valence-corrected chi connectivity index (χ1v) is 10.6. The highest BCUT2D eigenvalue weighted by molar-refractivity contribution is 7.92. The summed E-state index contributed by atoms with van der Waals surface area (Å²) in [5, 5.41) is 3.61. The zero-order valence-corrected chi connectivity index (χ0v) is 15.9. The van der Waals surface area contributed by atoms with E-state index in [0.717, 1.165) is 31.9 Å². The largest absolute Gasteiger partial charge is 0.353 e. The topological polar surface area (TPSA) is 66.5 Å². The van der Waals surface area contributed by atoms with Gasteiger partial charge in [0.15, 0.2) is 0 Å². The molecule has 0 bridgehead atoms. The summed E-state index contributed by atoms with van der Waals surface area (Å²) in [6.07, 6.45) is 6.67. The van der Waals surface area contributed by atoms with E-state index in [1.807, 2.05) is 0 Å². The minimum absolute atomic E-state index is 0.0648. The molecule has 0 atom stereocenters. The van der Waals surface area contributed by atoms with E-state index in [2.05, 4.69) is 5.32 Å². The van der Waals surface area contributed by atoms with Crippen LogP contribution in [0, 0.1) is 0 Å². The van der Waals surface area contributed by atoms with Gasteiger partial charge in [0.1, 0.15) is 0 Å². The number of hydrogen-bond donors (Lipinski definition) is 1. The maximum Gasteiger partial charge on any atom is 0.232 e. The quantitative estimate of drug-likeness (QED) is 0.803. The second kappa shape index (κ2) is 8.41. The second-order valence-electron chi connectivity index (χ2n) is 6.09. The maximum absolute atomic E-state index is 12.1. The summed E-state index contributed by atoms with van der Waals surface area (Å²) in [6.45, 7) is 0.0648. The number of carbonyl (C=O) groups is 1. The van der Waals surface area contributed by atoms with Crippen molar-refractivity contribution in [3.63, 3.8) is 0 Å². The molecule has 0 spiro atoms. The summed E-state index contributed by atoms with van der Waals surface area (Å²) in [6, 6.07) is 4.82. The molecule has 0 aromatic heterocycles. The lowest BCUT2D eigenvalue weighted by atomic mass is 9.95. The van der Waals surface area contributed by atoms with E-state index in [-0.39, 0.29) is 29.9 Å². The molecule has 0 radical (unpaired) electrons. The lowest BCUT2D eigenvalue weighted by Gasteiger charge is -2.25. The Bertz CT molecular complexity index is 689. The van der Waals surface area contributed by atoms with Crippen molar-refractivity contribution < 1.29 is 13.2 Å². The molecule has 0 saturated heterocycles. The minimum atomic E-state index is -3.52. The van der Waals surface area contributed by atoms with Crippen LogP contribution < -0.4 is 9.62 Å². The van der Waals surface area contributed by atoms with Crippen molar-refractivity contribution in [1.82, 2.24) is 5.32 Å². The molecule has 8 heteroatoms. The molecule has 1 saturated carbocycles. The molecule has 134 valence electrons. The van der Waals surface area contributed by atoms with Gasteiger partial charge in [-0.3, -0.25) is 9.10 Å². The van der Waals surface area contributed by atoms with E-state index in [0.29, 0.717) is 10.7 Å². The number of hydrogen-bond acceptors (Lipinski definition) is 3. The zero-order chi connectivity index (χ0) is 17.7. The Morgan fingerprint density at radius 3 is 2.46 bits per heavy atom. The van der Waals surface area contributed by atoms with Gasteiger partial charge in [-0.2, -0.15) is 0 Å². The number of rotatable bonds is 6. The number of anilines is 1. The third-order valence-electron chi connectivity index (χ3n) is 4.10. The minimum Gasteiger partial charge on any atom is -0.353 e. The van der Waals surface area contributed by atoms with Gasteiger partial charge in [0.05, 0.1) is 22.0 Å². The molecular weight excluding hydrogens is 371 g/mol. The van der Waals surface area contributed by atoms with Crippen LogP contribution in [0.2, 0.25) is 10.0 Å². The Kier molecular flexibility index (Phi) is 6.78. The molecule has 0 aliphatic heterocycles. The molecule has 5 nitrogen and oxygen atoms in total. The van der Waals surface area contributed by atoms with Crippen LogP contribution in [0.1, 0.15) is 38.5 Å². The molecule has 2 rings (SSSR count). The molecule has 1 fully saturated rings. The van der Waals surface area contributed by atoms with E-state index >= 15 is 0 Å². The third-order valence-corrected chi connectivity index (χ3v) is 6.04. The van der Waals surface area contributed by atoms with Crippen LogP contribution >= 0.6 is 23.2 Å². The standard InChI is InChI=1S/C16H22Cl2N2O3S/c1-24(22,23)20(13-7-8-14(17)15(18)11-13)10-9-16(21)19-12-5-3-2-4-6-12/h7-8,11-12H,2-6,9-10H2,1H3,(H,19,21). The number of carbonyl (C=O) groups excluding carboxylic acids is 1. The van der Waals surface area contributed by atoms with Gasteiger partial charge in [-0.05, 0) is 31.0 Å². The number of amides is 1. The van der Waals surface area contributed by atoms with Gasteiger partial charge in [0.25, 0.3) is 0 Å². The predicted octanol–water partition coefficient (Wildman–Crippen LogP) is 3.60. The predicted molar refractivity (Wildman–Crippen MR) is 98.3 cm³/mol. The second-order valence-corrected chi connectivity index (χ2v) is 8.81. The normalized spacial score (nSPS) is 16.0. The first kappa shape index (κ1) is 19.3. The third kappa shape index (κ3) is 5.53.